The maximum Gasteiger partial charge on any atom is 0.174 e. The summed E-state index contributed by atoms with van der Waals surface area (Å²) in [5, 5.41) is 1.71. The fourth-order valence-electron chi connectivity index (χ4n) is 1.65. The summed E-state index contributed by atoms with van der Waals surface area (Å²) in [4.78, 5) is 12.6. The quantitative estimate of drug-likeness (QED) is 0.559. The topological polar surface area (TPSA) is 72.9 Å². The maximum atomic E-state index is 5.97. The van der Waals surface area contributed by atoms with E-state index in [2.05, 4.69) is 15.0 Å². The number of nitrogens with zero attached hydrogens (tertiary/aromatic N) is 5. The molecule has 1 aliphatic rings. The van der Waals surface area contributed by atoms with Gasteiger partial charge in [0.2, 0.25) is 0 Å². The molecule has 3 rings (SSSR count). The van der Waals surface area contributed by atoms with Crippen LogP contribution in [0.1, 0.15) is 12.8 Å². The standard InChI is InChI=1S/C9H12N6/c1-14-5-13-7-8(14)11-4-12-9(7)15(10)6-2-3-6/h4-6H,2-3,10H2,1H3. The lowest BCUT2D eigenvalue weighted by molar-refractivity contribution is 0.827. The van der Waals surface area contributed by atoms with Crippen LogP contribution in [-0.2, 0) is 7.05 Å². The van der Waals surface area contributed by atoms with Gasteiger partial charge >= 0.3 is 0 Å². The Morgan fingerprint density at radius 2 is 2.20 bits per heavy atom. The predicted molar refractivity (Wildman–Crippen MR) is 56.0 cm³/mol. The summed E-state index contributed by atoms with van der Waals surface area (Å²) in [5.74, 6) is 6.69. The van der Waals surface area contributed by atoms with Crippen molar-refractivity contribution in [1.29, 1.82) is 0 Å². The van der Waals surface area contributed by atoms with Gasteiger partial charge in [-0.25, -0.2) is 20.8 Å². The second-order valence-electron chi connectivity index (χ2n) is 3.86. The van der Waals surface area contributed by atoms with Gasteiger partial charge in [-0.05, 0) is 12.8 Å². The molecule has 78 valence electrons. The smallest absolute Gasteiger partial charge is 0.174 e. The normalized spacial score (nSPS) is 15.9. The van der Waals surface area contributed by atoms with Gasteiger partial charge in [-0.2, -0.15) is 0 Å². The van der Waals surface area contributed by atoms with Crippen LogP contribution in [0, 0.1) is 0 Å². The Morgan fingerprint density at radius 3 is 2.93 bits per heavy atom. The van der Waals surface area contributed by atoms with E-state index in [0.29, 0.717) is 6.04 Å². The highest BCUT2D eigenvalue weighted by Crippen LogP contribution is 2.30. The lowest BCUT2D eigenvalue weighted by Gasteiger charge is -2.16. The third-order valence-electron chi connectivity index (χ3n) is 2.66. The molecule has 2 heterocycles. The van der Waals surface area contributed by atoms with E-state index in [9.17, 15) is 0 Å². The number of hydrazine groups is 1. The van der Waals surface area contributed by atoms with E-state index < -0.39 is 0 Å². The number of imidazole rings is 1. The zero-order chi connectivity index (χ0) is 10.4. The van der Waals surface area contributed by atoms with Crippen LogP contribution in [0.5, 0.6) is 0 Å². The molecule has 0 aromatic carbocycles. The summed E-state index contributed by atoms with van der Waals surface area (Å²) in [6, 6.07) is 0.421. The molecular formula is C9H12N6. The molecule has 6 nitrogen and oxygen atoms in total. The van der Waals surface area contributed by atoms with Crippen molar-refractivity contribution in [3.05, 3.63) is 12.7 Å². The van der Waals surface area contributed by atoms with Crippen molar-refractivity contribution in [2.24, 2.45) is 12.9 Å². The predicted octanol–water partition coefficient (Wildman–Crippen LogP) is 0.206. The molecular weight excluding hydrogens is 192 g/mol. The number of anilines is 1. The molecule has 15 heavy (non-hydrogen) atoms. The first-order valence-corrected chi connectivity index (χ1v) is 4.93. The molecule has 6 heteroatoms. The van der Waals surface area contributed by atoms with E-state index >= 15 is 0 Å². The van der Waals surface area contributed by atoms with Crippen LogP contribution in [0.15, 0.2) is 12.7 Å². The van der Waals surface area contributed by atoms with Crippen molar-refractivity contribution >= 4 is 17.0 Å². The molecule has 1 saturated carbocycles. The van der Waals surface area contributed by atoms with Gasteiger partial charge in [0.25, 0.3) is 0 Å². The van der Waals surface area contributed by atoms with Crippen molar-refractivity contribution in [2.75, 3.05) is 5.01 Å². The molecule has 1 aliphatic carbocycles. The van der Waals surface area contributed by atoms with Crippen molar-refractivity contribution < 1.29 is 0 Å². The molecule has 0 spiro atoms. The number of aryl methyl sites for hydroxylation is 1. The molecule has 1 fully saturated rings. The fourth-order valence-corrected chi connectivity index (χ4v) is 1.65. The first-order valence-electron chi connectivity index (χ1n) is 4.93. The number of nitrogens with two attached hydrogens (primary N) is 1. The Morgan fingerprint density at radius 1 is 1.40 bits per heavy atom. The Hall–Kier alpha value is -1.69. The first-order chi connectivity index (χ1) is 7.27. The average molecular weight is 204 g/mol. The molecule has 2 aromatic rings. The van der Waals surface area contributed by atoms with E-state index in [1.54, 1.807) is 11.3 Å². The summed E-state index contributed by atoms with van der Waals surface area (Å²) in [6.07, 6.45) is 5.52. The Bertz CT molecular complexity index is 500. The van der Waals surface area contributed by atoms with Crippen LogP contribution in [0.4, 0.5) is 5.82 Å². The van der Waals surface area contributed by atoms with Gasteiger partial charge in [-0.15, -0.1) is 0 Å². The Labute approximate surface area is 86.7 Å². The zero-order valence-electron chi connectivity index (χ0n) is 8.46. The monoisotopic (exact) mass is 204 g/mol. The molecule has 2 aromatic heterocycles. The zero-order valence-corrected chi connectivity index (χ0v) is 8.46. The minimum Gasteiger partial charge on any atom is -0.318 e. The highest BCUT2D eigenvalue weighted by Gasteiger charge is 2.29. The van der Waals surface area contributed by atoms with Crippen molar-refractivity contribution in [3.63, 3.8) is 0 Å². The maximum absolute atomic E-state index is 5.97. The Kier molecular flexibility index (Phi) is 1.66. The van der Waals surface area contributed by atoms with Gasteiger partial charge in [-0.3, -0.25) is 5.01 Å². The molecule has 0 bridgehead atoms. The van der Waals surface area contributed by atoms with E-state index in [-0.39, 0.29) is 0 Å². The molecule has 0 saturated heterocycles. The molecule has 0 aliphatic heterocycles. The van der Waals surface area contributed by atoms with Crippen LogP contribution >= 0.6 is 0 Å². The van der Waals surface area contributed by atoms with Gasteiger partial charge in [-0.1, -0.05) is 0 Å². The number of aromatic nitrogens is 4. The van der Waals surface area contributed by atoms with Crippen LogP contribution < -0.4 is 10.9 Å². The minimum absolute atomic E-state index is 0.421. The largest absolute Gasteiger partial charge is 0.318 e. The average Bonchev–Trinajstić information content (AvgIpc) is 3.03. The van der Waals surface area contributed by atoms with E-state index in [4.69, 9.17) is 5.84 Å². The van der Waals surface area contributed by atoms with Gasteiger partial charge in [0.15, 0.2) is 17.0 Å². The molecule has 0 radical (unpaired) electrons. The SMILES string of the molecule is Cn1cnc2c(N(N)C3CC3)ncnc21. The van der Waals surface area contributed by atoms with Gasteiger partial charge < -0.3 is 4.57 Å². The number of rotatable bonds is 2. The number of hydrogen-bond acceptors (Lipinski definition) is 5. The number of hydrogen-bond donors (Lipinski definition) is 1. The molecule has 0 atom stereocenters. The fraction of sp³-hybridized carbons (Fsp3) is 0.444. The van der Waals surface area contributed by atoms with Crippen LogP contribution in [0.25, 0.3) is 11.2 Å². The highest BCUT2D eigenvalue weighted by atomic mass is 15.5. The van der Waals surface area contributed by atoms with Gasteiger partial charge in [0.05, 0.1) is 6.33 Å². The third kappa shape index (κ3) is 1.25. The highest BCUT2D eigenvalue weighted by molar-refractivity contribution is 5.83. The summed E-state index contributed by atoms with van der Waals surface area (Å²) < 4.78 is 1.86. The molecule has 0 amide bonds. The summed E-state index contributed by atoms with van der Waals surface area (Å²) >= 11 is 0. The van der Waals surface area contributed by atoms with Crippen molar-refractivity contribution in [3.8, 4) is 0 Å². The lowest BCUT2D eigenvalue weighted by atomic mass is 10.4. The van der Waals surface area contributed by atoms with Crippen LogP contribution in [-0.4, -0.2) is 25.6 Å². The van der Waals surface area contributed by atoms with Gasteiger partial charge in [0, 0.05) is 13.1 Å². The van der Waals surface area contributed by atoms with E-state index in [1.807, 2.05) is 11.6 Å². The second-order valence-corrected chi connectivity index (χ2v) is 3.86. The van der Waals surface area contributed by atoms with Crippen LogP contribution in [0.3, 0.4) is 0 Å². The van der Waals surface area contributed by atoms with E-state index in [0.717, 1.165) is 29.8 Å². The molecule has 0 unspecified atom stereocenters. The van der Waals surface area contributed by atoms with E-state index in [1.165, 1.54) is 6.33 Å². The second kappa shape index (κ2) is 2.90. The Balaban J connectivity index is 2.16. The first kappa shape index (κ1) is 8.60. The van der Waals surface area contributed by atoms with Gasteiger partial charge in [0.1, 0.15) is 6.33 Å². The third-order valence-corrected chi connectivity index (χ3v) is 2.66. The minimum atomic E-state index is 0.421. The molecule has 2 N–H and O–H groups in total. The van der Waals surface area contributed by atoms with Crippen LogP contribution in [0.2, 0.25) is 0 Å². The lowest BCUT2D eigenvalue weighted by Crippen LogP contribution is -2.34. The van der Waals surface area contributed by atoms with Crippen molar-refractivity contribution in [2.45, 2.75) is 18.9 Å². The number of fused-ring (bicyclic) bond motifs is 1. The summed E-state index contributed by atoms with van der Waals surface area (Å²) in [7, 11) is 1.91. The summed E-state index contributed by atoms with van der Waals surface area (Å²) in [5.41, 5.74) is 1.59. The van der Waals surface area contributed by atoms with Crippen molar-refractivity contribution in [1.82, 2.24) is 19.5 Å². The summed E-state index contributed by atoms with van der Waals surface area (Å²) in [6.45, 7) is 0.